The van der Waals surface area contributed by atoms with Crippen molar-refractivity contribution in [1.82, 2.24) is 14.7 Å². The summed E-state index contributed by atoms with van der Waals surface area (Å²) in [5, 5.41) is 13.7. The Morgan fingerprint density at radius 2 is 1.96 bits per heavy atom. The van der Waals surface area contributed by atoms with Gasteiger partial charge in [0.2, 0.25) is 0 Å². The van der Waals surface area contributed by atoms with Crippen LogP contribution >= 0.6 is 0 Å². The number of carbonyl (C=O) groups is 2. The summed E-state index contributed by atoms with van der Waals surface area (Å²) in [4.78, 5) is 25.5. The van der Waals surface area contributed by atoms with E-state index < -0.39 is 11.4 Å². The average molecular weight is 313 g/mol. The van der Waals surface area contributed by atoms with Crippen molar-refractivity contribution in [3.63, 3.8) is 0 Å². The van der Waals surface area contributed by atoms with E-state index in [2.05, 4.69) is 5.10 Å². The maximum absolute atomic E-state index is 12.6. The second-order valence-electron chi connectivity index (χ2n) is 6.26. The summed E-state index contributed by atoms with van der Waals surface area (Å²) in [5.74, 6) is -1.08. The van der Waals surface area contributed by atoms with Crippen molar-refractivity contribution in [2.24, 2.45) is 5.41 Å². The van der Waals surface area contributed by atoms with Crippen molar-refractivity contribution in [1.29, 1.82) is 0 Å². The molecule has 1 amide bonds. The number of amides is 1. The van der Waals surface area contributed by atoms with E-state index in [4.69, 9.17) is 0 Å². The van der Waals surface area contributed by atoms with E-state index in [0.29, 0.717) is 18.7 Å². The van der Waals surface area contributed by atoms with Gasteiger partial charge in [0.25, 0.3) is 5.91 Å². The lowest BCUT2D eigenvalue weighted by molar-refractivity contribution is -0.147. The van der Waals surface area contributed by atoms with Crippen LogP contribution in [0.1, 0.15) is 29.5 Å². The van der Waals surface area contributed by atoms with Crippen LogP contribution in [0.5, 0.6) is 0 Å². The van der Waals surface area contributed by atoms with Crippen LogP contribution in [0, 0.1) is 12.3 Å². The second kappa shape index (κ2) is 5.53. The quantitative estimate of drug-likeness (QED) is 0.942. The summed E-state index contributed by atoms with van der Waals surface area (Å²) < 4.78 is 1.72. The van der Waals surface area contributed by atoms with Crippen molar-refractivity contribution >= 4 is 11.9 Å². The smallest absolute Gasteiger partial charge is 0.311 e. The van der Waals surface area contributed by atoms with Crippen molar-refractivity contribution < 1.29 is 14.7 Å². The van der Waals surface area contributed by atoms with Crippen LogP contribution in [0.2, 0.25) is 0 Å². The topological polar surface area (TPSA) is 75.4 Å². The number of carboxylic acid groups (broad SMARTS) is 1. The van der Waals surface area contributed by atoms with E-state index in [1.165, 1.54) is 0 Å². The molecule has 120 valence electrons. The van der Waals surface area contributed by atoms with Gasteiger partial charge in [0, 0.05) is 18.8 Å². The highest BCUT2D eigenvalue weighted by atomic mass is 16.4. The zero-order valence-corrected chi connectivity index (χ0v) is 13.2. The lowest BCUT2D eigenvalue weighted by Crippen LogP contribution is -2.35. The van der Waals surface area contributed by atoms with E-state index >= 15 is 0 Å². The van der Waals surface area contributed by atoms with Gasteiger partial charge in [-0.15, -0.1) is 0 Å². The summed E-state index contributed by atoms with van der Waals surface area (Å²) in [6.45, 7) is 4.23. The predicted molar refractivity (Wildman–Crippen MR) is 84.6 cm³/mol. The second-order valence-corrected chi connectivity index (χ2v) is 6.26. The highest BCUT2D eigenvalue weighted by Crippen LogP contribution is 2.31. The Balaban J connectivity index is 1.84. The number of nitrogens with zero attached hydrogens (tertiary/aromatic N) is 3. The van der Waals surface area contributed by atoms with Crippen LogP contribution in [-0.2, 0) is 4.79 Å². The Labute approximate surface area is 134 Å². The number of hydrogen-bond acceptors (Lipinski definition) is 3. The van der Waals surface area contributed by atoms with Crippen LogP contribution in [-0.4, -0.2) is 44.8 Å². The fourth-order valence-electron chi connectivity index (χ4n) is 2.88. The minimum Gasteiger partial charge on any atom is -0.481 e. The average Bonchev–Trinajstić information content (AvgIpc) is 3.12. The number of hydrogen-bond donors (Lipinski definition) is 1. The minimum atomic E-state index is -0.868. The van der Waals surface area contributed by atoms with Crippen LogP contribution in [0.4, 0.5) is 0 Å². The monoisotopic (exact) mass is 313 g/mol. The molecule has 0 unspecified atom stereocenters. The molecule has 1 aliphatic heterocycles. The number of carboxylic acids is 1. The largest absolute Gasteiger partial charge is 0.481 e. The number of aromatic nitrogens is 2. The molecule has 3 rings (SSSR count). The van der Waals surface area contributed by atoms with Gasteiger partial charge in [-0.3, -0.25) is 9.59 Å². The molecule has 2 aromatic rings. The van der Waals surface area contributed by atoms with E-state index in [0.717, 1.165) is 11.4 Å². The Hall–Kier alpha value is -2.63. The first-order valence-electron chi connectivity index (χ1n) is 7.55. The maximum atomic E-state index is 12.6. The molecular formula is C17H19N3O3. The molecule has 2 heterocycles. The number of aliphatic carboxylic acids is 1. The number of rotatable bonds is 3. The maximum Gasteiger partial charge on any atom is 0.311 e. The van der Waals surface area contributed by atoms with Crippen LogP contribution in [0.25, 0.3) is 5.69 Å². The van der Waals surface area contributed by atoms with Crippen LogP contribution in [0.15, 0.2) is 36.4 Å². The van der Waals surface area contributed by atoms with Gasteiger partial charge < -0.3 is 10.0 Å². The van der Waals surface area contributed by atoms with Gasteiger partial charge >= 0.3 is 5.97 Å². The van der Waals surface area contributed by atoms with Crippen LogP contribution in [0.3, 0.4) is 0 Å². The fourth-order valence-corrected chi connectivity index (χ4v) is 2.88. The van der Waals surface area contributed by atoms with E-state index in [1.807, 2.05) is 37.3 Å². The van der Waals surface area contributed by atoms with Gasteiger partial charge in [-0.1, -0.05) is 18.2 Å². The molecule has 0 bridgehead atoms. The van der Waals surface area contributed by atoms with Gasteiger partial charge in [-0.25, -0.2) is 4.68 Å². The zero-order chi connectivity index (χ0) is 16.6. The van der Waals surface area contributed by atoms with Crippen molar-refractivity contribution in [2.75, 3.05) is 13.1 Å². The Morgan fingerprint density at radius 1 is 1.26 bits per heavy atom. The molecule has 6 nitrogen and oxygen atoms in total. The number of likely N-dealkylation sites (tertiary alicyclic amines) is 1. The summed E-state index contributed by atoms with van der Waals surface area (Å²) in [6, 6.07) is 11.3. The molecule has 1 saturated heterocycles. The molecule has 1 atom stereocenters. The molecule has 1 aromatic heterocycles. The third-order valence-electron chi connectivity index (χ3n) is 4.38. The minimum absolute atomic E-state index is 0.215. The molecule has 0 spiro atoms. The number of aryl methyl sites for hydroxylation is 1. The molecule has 1 fully saturated rings. The first-order valence-corrected chi connectivity index (χ1v) is 7.55. The normalized spacial score (nSPS) is 20.7. The SMILES string of the molecule is Cc1cc(C(=O)N2CC[C@](C)(C(=O)O)C2)nn1-c1ccccc1. The third-order valence-corrected chi connectivity index (χ3v) is 4.38. The van der Waals surface area contributed by atoms with Crippen LogP contribution < -0.4 is 0 Å². The fraction of sp³-hybridized carbons (Fsp3) is 0.353. The lowest BCUT2D eigenvalue weighted by atomic mass is 9.90. The summed E-state index contributed by atoms with van der Waals surface area (Å²) >= 11 is 0. The number of benzene rings is 1. The van der Waals surface area contributed by atoms with E-state index in [1.54, 1.807) is 22.6 Å². The summed E-state index contributed by atoms with van der Waals surface area (Å²) in [7, 11) is 0. The molecular weight excluding hydrogens is 294 g/mol. The highest BCUT2D eigenvalue weighted by molar-refractivity contribution is 5.93. The molecule has 0 saturated carbocycles. The standard InChI is InChI=1S/C17H19N3O3/c1-12-10-14(18-20(12)13-6-4-3-5-7-13)15(21)19-9-8-17(2,11-19)16(22)23/h3-7,10H,8-9,11H2,1-2H3,(H,22,23)/t17-/m0/s1. The molecule has 0 radical (unpaired) electrons. The molecule has 6 heteroatoms. The Morgan fingerprint density at radius 3 is 2.57 bits per heavy atom. The third kappa shape index (κ3) is 2.72. The first kappa shape index (κ1) is 15.3. The lowest BCUT2D eigenvalue weighted by Gasteiger charge is -2.19. The van der Waals surface area contributed by atoms with Crippen molar-refractivity contribution in [3.8, 4) is 5.69 Å². The Kier molecular flexibility index (Phi) is 3.67. The Bertz CT molecular complexity index is 754. The van der Waals surface area contributed by atoms with E-state index in [9.17, 15) is 14.7 Å². The van der Waals surface area contributed by atoms with Gasteiger partial charge in [-0.05, 0) is 38.5 Å². The van der Waals surface area contributed by atoms with Gasteiger partial charge in [0.05, 0.1) is 11.1 Å². The molecule has 1 aromatic carbocycles. The van der Waals surface area contributed by atoms with E-state index in [-0.39, 0.29) is 12.5 Å². The molecule has 23 heavy (non-hydrogen) atoms. The van der Waals surface area contributed by atoms with Gasteiger partial charge in [-0.2, -0.15) is 5.10 Å². The molecule has 0 aliphatic carbocycles. The number of para-hydroxylation sites is 1. The van der Waals surface area contributed by atoms with Gasteiger partial charge in [0.15, 0.2) is 5.69 Å². The van der Waals surface area contributed by atoms with Crippen molar-refractivity contribution in [3.05, 3.63) is 47.8 Å². The summed E-state index contributed by atoms with van der Waals surface area (Å²) in [5.41, 5.74) is 1.23. The van der Waals surface area contributed by atoms with Crippen molar-refractivity contribution in [2.45, 2.75) is 20.3 Å². The number of carbonyl (C=O) groups excluding carboxylic acids is 1. The predicted octanol–water partition coefficient (Wildman–Crippen LogP) is 2.12. The first-order chi connectivity index (χ1) is 10.9. The zero-order valence-electron chi connectivity index (χ0n) is 13.2. The molecule has 1 N–H and O–H groups in total. The summed E-state index contributed by atoms with van der Waals surface area (Å²) in [6.07, 6.45) is 0.465. The van der Waals surface area contributed by atoms with Gasteiger partial charge in [0.1, 0.15) is 0 Å². The highest BCUT2D eigenvalue weighted by Gasteiger charge is 2.42. The molecule has 1 aliphatic rings.